The van der Waals surface area contributed by atoms with E-state index in [0.29, 0.717) is 12.1 Å². The van der Waals surface area contributed by atoms with Crippen LogP contribution in [0.4, 0.5) is 5.69 Å². The Balaban J connectivity index is 1.83. The van der Waals surface area contributed by atoms with Gasteiger partial charge < -0.3 is 10.1 Å². The summed E-state index contributed by atoms with van der Waals surface area (Å²) in [5, 5.41) is 2.65. The zero-order valence-corrected chi connectivity index (χ0v) is 12.7. The van der Waals surface area contributed by atoms with Crippen LogP contribution in [0.15, 0.2) is 24.3 Å². The summed E-state index contributed by atoms with van der Waals surface area (Å²) in [5.41, 5.74) is 0.770. The van der Waals surface area contributed by atoms with Gasteiger partial charge in [-0.15, -0.1) is 23.2 Å². The summed E-state index contributed by atoms with van der Waals surface area (Å²) in [4.78, 5) is 23.5. The predicted molar refractivity (Wildman–Crippen MR) is 77.9 cm³/mol. The van der Waals surface area contributed by atoms with E-state index in [1.807, 2.05) is 25.1 Å². The van der Waals surface area contributed by atoms with Crippen molar-refractivity contribution in [1.82, 2.24) is 0 Å². The quantitative estimate of drug-likeness (QED) is 0.686. The maximum Gasteiger partial charge on any atom is 0.315 e. The van der Waals surface area contributed by atoms with Crippen LogP contribution in [-0.4, -0.2) is 22.8 Å². The SMILES string of the molecule is Cc1cccc(NC(=O)COC(=O)[C@]2(C)CC2(Cl)Cl)c1. The minimum absolute atomic E-state index is 0.335. The fraction of sp³-hybridized carbons (Fsp3) is 0.429. The van der Waals surface area contributed by atoms with E-state index in [1.165, 1.54) is 0 Å². The molecule has 1 saturated carbocycles. The van der Waals surface area contributed by atoms with Crippen molar-refractivity contribution in [2.24, 2.45) is 5.41 Å². The Morgan fingerprint density at radius 3 is 2.60 bits per heavy atom. The van der Waals surface area contributed by atoms with E-state index in [0.717, 1.165) is 5.56 Å². The molecule has 0 spiro atoms. The lowest BCUT2D eigenvalue weighted by molar-refractivity contribution is -0.152. The van der Waals surface area contributed by atoms with Crippen LogP contribution >= 0.6 is 23.2 Å². The molecule has 108 valence electrons. The van der Waals surface area contributed by atoms with Gasteiger partial charge in [0, 0.05) is 12.1 Å². The number of amides is 1. The van der Waals surface area contributed by atoms with Crippen LogP contribution in [0.25, 0.3) is 0 Å². The number of halogens is 2. The molecule has 1 fully saturated rings. The minimum Gasteiger partial charge on any atom is -0.455 e. The number of anilines is 1. The van der Waals surface area contributed by atoms with Crippen LogP contribution in [0, 0.1) is 12.3 Å². The molecule has 0 aliphatic heterocycles. The molecule has 0 heterocycles. The Kier molecular flexibility index (Phi) is 3.98. The average Bonchev–Trinajstić information content (AvgIpc) is 2.87. The van der Waals surface area contributed by atoms with E-state index >= 15 is 0 Å². The highest BCUT2D eigenvalue weighted by atomic mass is 35.5. The highest BCUT2D eigenvalue weighted by Gasteiger charge is 2.69. The third-order valence-electron chi connectivity index (χ3n) is 3.34. The smallest absolute Gasteiger partial charge is 0.315 e. The number of nitrogens with one attached hydrogen (secondary N) is 1. The predicted octanol–water partition coefficient (Wildman–Crippen LogP) is 3.06. The molecule has 1 aliphatic rings. The summed E-state index contributed by atoms with van der Waals surface area (Å²) in [6, 6.07) is 7.34. The van der Waals surface area contributed by atoms with Gasteiger partial charge in [0.15, 0.2) is 6.61 Å². The molecule has 1 N–H and O–H groups in total. The molecule has 1 aromatic rings. The first-order chi connectivity index (χ1) is 9.24. The lowest BCUT2D eigenvalue weighted by Gasteiger charge is -2.12. The number of aryl methyl sites for hydroxylation is 1. The summed E-state index contributed by atoms with van der Waals surface area (Å²) in [6.07, 6.45) is 0.335. The monoisotopic (exact) mass is 315 g/mol. The number of alkyl halides is 2. The van der Waals surface area contributed by atoms with E-state index in [1.54, 1.807) is 13.0 Å². The van der Waals surface area contributed by atoms with Crippen LogP contribution in [0.2, 0.25) is 0 Å². The lowest BCUT2D eigenvalue weighted by atomic mass is 10.1. The molecular formula is C14H15Cl2NO3. The maximum absolute atomic E-state index is 11.8. The van der Waals surface area contributed by atoms with Crippen LogP contribution in [0.5, 0.6) is 0 Å². The molecule has 1 aliphatic carbocycles. The molecule has 20 heavy (non-hydrogen) atoms. The minimum atomic E-state index is -1.09. The number of rotatable bonds is 4. The van der Waals surface area contributed by atoms with Gasteiger partial charge in [0.25, 0.3) is 5.91 Å². The average molecular weight is 316 g/mol. The standard InChI is InChI=1S/C14H15Cl2NO3/c1-9-4-3-5-10(6-9)17-11(18)7-20-12(19)13(2)8-14(13,15)16/h3-6H,7-8H2,1-2H3,(H,17,18)/t13-/m0/s1. The molecule has 0 unspecified atom stereocenters. The number of ether oxygens (including phenoxy) is 1. The highest BCUT2D eigenvalue weighted by Crippen LogP contribution is 2.64. The number of benzene rings is 1. The summed E-state index contributed by atoms with van der Waals surface area (Å²) in [7, 11) is 0. The number of carbonyl (C=O) groups is 2. The molecule has 2 rings (SSSR count). The zero-order chi connectivity index (χ0) is 15.0. The van der Waals surface area contributed by atoms with Crippen molar-refractivity contribution in [3.8, 4) is 0 Å². The van der Waals surface area contributed by atoms with Crippen molar-refractivity contribution in [3.05, 3.63) is 29.8 Å². The van der Waals surface area contributed by atoms with Crippen LogP contribution in [0.1, 0.15) is 18.9 Å². The largest absolute Gasteiger partial charge is 0.455 e. The third-order valence-corrected chi connectivity index (χ3v) is 4.45. The van der Waals surface area contributed by atoms with E-state index < -0.39 is 21.6 Å². The summed E-state index contributed by atoms with van der Waals surface area (Å²) < 4.78 is 3.86. The second-order valence-electron chi connectivity index (χ2n) is 5.21. The molecule has 0 radical (unpaired) electrons. The molecule has 0 saturated heterocycles. The van der Waals surface area contributed by atoms with Crippen molar-refractivity contribution in [2.75, 3.05) is 11.9 Å². The molecule has 1 aromatic carbocycles. The van der Waals surface area contributed by atoms with E-state index in [2.05, 4.69) is 5.32 Å². The van der Waals surface area contributed by atoms with E-state index in [9.17, 15) is 9.59 Å². The summed E-state index contributed by atoms with van der Waals surface area (Å²) in [5.74, 6) is -0.954. The van der Waals surface area contributed by atoms with Crippen LogP contribution in [-0.2, 0) is 14.3 Å². The van der Waals surface area contributed by atoms with Crippen molar-refractivity contribution >= 4 is 40.8 Å². The Hall–Kier alpha value is -1.26. The van der Waals surface area contributed by atoms with Gasteiger partial charge in [0.1, 0.15) is 9.75 Å². The second-order valence-corrected chi connectivity index (χ2v) is 6.69. The Labute approximate surface area is 127 Å². The molecule has 6 heteroatoms. The van der Waals surface area contributed by atoms with Gasteiger partial charge in [-0.3, -0.25) is 9.59 Å². The van der Waals surface area contributed by atoms with Crippen molar-refractivity contribution in [1.29, 1.82) is 0 Å². The Morgan fingerprint density at radius 1 is 1.40 bits per heavy atom. The number of hydrogen-bond acceptors (Lipinski definition) is 3. The highest BCUT2D eigenvalue weighted by molar-refractivity contribution is 6.53. The van der Waals surface area contributed by atoms with Gasteiger partial charge in [-0.05, 0) is 31.5 Å². The Bertz CT molecular complexity index is 559. The molecular weight excluding hydrogens is 301 g/mol. The molecule has 1 atom stereocenters. The van der Waals surface area contributed by atoms with E-state index in [-0.39, 0.29) is 6.61 Å². The number of hydrogen-bond donors (Lipinski definition) is 1. The van der Waals surface area contributed by atoms with Gasteiger partial charge in [0.05, 0.1) is 0 Å². The van der Waals surface area contributed by atoms with Gasteiger partial charge in [-0.2, -0.15) is 0 Å². The fourth-order valence-corrected chi connectivity index (χ4v) is 2.52. The second kappa shape index (κ2) is 5.26. The van der Waals surface area contributed by atoms with Gasteiger partial charge in [-0.25, -0.2) is 0 Å². The Morgan fingerprint density at radius 2 is 2.05 bits per heavy atom. The first-order valence-corrected chi connectivity index (χ1v) is 6.92. The first kappa shape index (κ1) is 15.1. The molecule has 1 amide bonds. The zero-order valence-electron chi connectivity index (χ0n) is 11.2. The van der Waals surface area contributed by atoms with Gasteiger partial charge in [0.2, 0.25) is 0 Å². The maximum atomic E-state index is 11.8. The summed E-state index contributed by atoms with van der Waals surface area (Å²) in [6.45, 7) is 3.18. The molecule has 0 bridgehead atoms. The van der Waals surface area contributed by atoms with Gasteiger partial charge >= 0.3 is 5.97 Å². The topological polar surface area (TPSA) is 55.4 Å². The number of esters is 1. The number of carbonyl (C=O) groups excluding carboxylic acids is 2. The normalized spacial score (nSPS) is 23.0. The first-order valence-electron chi connectivity index (χ1n) is 6.16. The van der Waals surface area contributed by atoms with Crippen molar-refractivity contribution in [2.45, 2.75) is 24.6 Å². The van der Waals surface area contributed by atoms with Crippen LogP contribution < -0.4 is 5.32 Å². The van der Waals surface area contributed by atoms with Crippen molar-refractivity contribution in [3.63, 3.8) is 0 Å². The van der Waals surface area contributed by atoms with Crippen LogP contribution in [0.3, 0.4) is 0 Å². The fourth-order valence-electron chi connectivity index (χ4n) is 1.83. The van der Waals surface area contributed by atoms with E-state index in [4.69, 9.17) is 27.9 Å². The van der Waals surface area contributed by atoms with Gasteiger partial charge in [-0.1, -0.05) is 12.1 Å². The van der Waals surface area contributed by atoms with Crippen molar-refractivity contribution < 1.29 is 14.3 Å². The molecule has 0 aromatic heterocycles. The summed E-state index contributed by atoms with van der Waals surface area (Å²) >= 11 is 11.7. The lowest BCUT2D eigenvalue weighted by Crippen LogP contribution is -2.26. The third kappa shape index (κ3) is 3.07. The molecule has 4 nitrogen and oxygen atoms in total.